The Morgan fingerprint density at radius 2 is 2.00 bits per heavy atom. The number of fused-ring (bicyclic) bond motifs is 1. The molecule has 3 N–H and O–H groups in total. The summed E-state index contributed by atoms with van der Waals surface area (Å²) < 4.78 is 0. The van der Waals surface area contributed by atoms with Crippen LogP contribution in [0.25, 0.3) is 11.0 Å². The first-order chi connectivity index (χ1) is 13.5. The van der Waals surface area contributed by atoms with E-state index in [4.69, 9.17) is 11.6 Å². The van der Waals surface area contributed by atoms with Crippen LogP contribution in [0.15, 0.2) is 36.4 Å². The summed E-state index contributed by atoms with van der Waals surface area (Å²) in [4.78, 5) is 22.9. The lowest BCUT2D eigenvalue weighted by atomic mass is 10.1. The molecule has 1 aliphatic heterocycles. The van der Waals surface area contributed by atoms with Gasteiger partial charge in [-0.05, 0) is 55.8 Å². The molecule has 4 rings (SSSR count). The Kier molecular flexibility index (Phi) is 5.24. The lowest BCUT2D eigenvalue weighted by Crippen LogP contribution is -2.43. The van der Waals surface area contributed by atoms with E-state index >= 15 is 0 Å². The van der Waals surface area contributed by atoms with Gasteiger partial charge in [0.1, 0.15) is 5.82 Å². The monoisotopic (exact) mass is 397 g/mol. The van der Waals surface area contributed by atoms with E-state index in [2.05, 4.69) is 32.4 Å². The van der Waals surface area contributed by atoms with Gasteiger partial charge in [0.25, 0.3) is 5.91 Å². The first-order valence-corrected chi connectivity index (χ1v) is 9.91. The van der Waals surface area contributed by atoms with Crippen LogP contribution >= 0.6 is 11.6 Å². The summed E-state index contributed by atoms with van der Waals surface area (Å²) in [6.45, 7) is 7.92. The van der Waals surface area contributed by atoms with Gasteiger partial charge in [0.15, 0.2) is 0 Å². The number of imidazole rings is 1. The number of carbonyl (C=O) groups is 1. The molecule has 6 nitrogen and oxygen atoms in total. The molecule has 28 heavy (non-hydrogen) atoms. The van der Waals surface area contributed by atoms with Crippen LogP contribution in [0.3, 0.4) is 0 Å². The van der Waals surface area contributed by atoms with Gasteiger partial charge >= 0.3 is 0 Å². The smallest absolute Gasteiger partial charge is 0.251 e. The van der Waals surface area contributed by atoms with Crippen molar-refractivity contribution in [2.24, 2.45) is 0 Å². The van der Waals surface area contributed by atoms with Crippen molar-refractivity contribution >= 4 is 34.2 Å². The Bertz CT molecular complexity index is 1010. The van der Waals surface area contributed by atoms with Gasteiger partial charge in [-0.15, -0.1) is 0 Å². The van der Waals surface area contributed by atoms with Gasteiger partial charge < -0.3 is 20.5 Å². The average Bonchev–Trinajstić information content (AvgIpc) is 3.12. The normalized spacial score (nSPS) is 15.6. The molecule has 1 fully saturated rings. The number of nitrogens with zero attached hydrogens (tertiary/aromatic N) is 2. The number of aryl methyl sites for hydroxylation is 1. The maximum Gasteiger partial charge on any atom is 0.251 e. The number of aromatic nitrogens is 2. The number of piperazine rings is 1. The van der Waals surface area contributed by atoms with Gasteiger partial charge in [-0.25, -0.2) is 4.98 Å². The predicted molar refractivity (Wildman–Crippen MR) is 113 cm³/mol. The first kappa shape index (κ1) is 18.8. The van der Waals surface area contributed by atoms with E-state index in [1.54, 1.807) is 6.07 Å². The molecule has 1 amide bonds. The summed E-state index contributed by atoms with van der Waals surface area (Å²) >= 11 is 6.03. The van der Waals surface area contributed by atoms with E-state index in [-0.39, 0.29) is 11.9 Å². The van der Waals surface area contributed by atoms with Crippen molar-refractivity contribution in [3.63, 3.8) is 0 Å². The lowest BCUT2D eigenvalue weighted by Gasteiger charge is -2.30. The molecule has 0 bridgehead atoms. The maximum atomic E-state index is 12.7. The van der Waals surface area contributed by atoms with Crippen LogP contribution in [0.5, 0.6) is 0 Å². The van der Waals surface area contributed by atoms with E-state index in [0.29, 0.717) is 16.4 Å². The number of hydrogen-bond acceptors (Lipinski definition) is 4. The molecule has 0 unspecified atom stereocenters. The van der Waals surface area contributed by atoms with Crippen LogP contribution in [0, 0.1) is 6.92 Å². The minimum absolute atomic E-state index is 0.110. The number of nitrogens with one attached hydrogen (secondary N) is 3. The molecule has 3 aromatic rings. The zero-order chi connectivity index (χ0) is 19.7. The van der Waals surface area contributed by atoms with Crippen LogP contribution in [-0.2, 0) is 0 Å². The van der Waals surface area contributed by atoms with Crippen LogP contribution in [0.4, 0.5) is 5.69 Å². The lowest BCUT2D eigenvalue weighted by molar-refractivity contribution is 0.0938. The molecule has 0 aliphatic carbocycles. The van der Waals surface area contributed by atoms with E-state index in [0.717, 1.165) is 42.8 Å². The van der Waals surface area contributed by atoms with Gasteiger partial charge in [-0.3, -0.25) is 4.79 Å². The van der Waals surface area contributed by atoms with Gasteiger partial charge in [0.05, 0.1) is 17.1 Å². The fourth-order valence-electron chi connectivity index (χ4n) is 3.61. The third kappa shape index (κ3) is 3.84. The Morgan fingerprint density at radius 3 is 2.75 bits per heavy atom. The number of H-pyrrole nitrogens is 1. The van der Waals surface area contributed by atoms with E-state index in [1.165, 1.54) is 5.69 Å². The topological polar surface area (TPSA) is 73.0 Å². The Labute approximate surface area is 169 Å². The highest BCUT2D eigenvalue weighted by molar-refractivity contribution is 6.31. The Morgan fingerprint density at radius 1 is 1.21 bits per heavy atom. The molecule has 1 atom stereocenters. The average molecular weight is 398 g/mol. The number of benzene rings is 2. The third-order valence-electron chi connectivity index (χ3n) is 5.14. The van der Waals surface area contributed by atoms with Crippen molar-refractivity contribution in [3.05, 3.63) is 58.4 Å². The van der Waals surface area contributed by atoms with Crippen molar-refractivity contribution in [2.45, 2.75) is 19.9 Å². The molecule has 2 heterocycles. The fourth-order valence-corrected chi connectivity index (χ4v) is 3.78. The van der Waals surface area contributed by atoms with Crippen molar-refractivity contribution < 1.29 is 4.79 Å². The quantitative estimate of drug-likeness (QED) is 0.630. The number of halogens is 1. The summed E-state index contributed by atoms with van der Waals surface area (Å²) in [6, 6.07) is 11.2. The Hall–Kier alpha value is -2.57. The molecule has 1 aromatic heterocycles. The fraction of sp³-hybridized carbons (Fsp3) is 0.333. The highest BCUT2D eigenvalue weighted by atomic mass is 35.5. The molecule has 2 aromatic carbocycles. The van der Waals surface area contributed by atoms with Crippen molar-refractivity contribution in [2.75, 3.05) is 31.1 Å². The molecule has 0 saturated carbocycles. The summed E-state index contributed by atoms with van der Waals surface area (Å²) in [5.41, 5.74) is 4.65. The highest BCUT2D eigenvalue weighted by Crippen LogP contribution is 2.23. The molecule has 1 saturated heterocycles. The summed E-state index contributed by atoms with van der Waals surface area (Å²) in [5, 5.41) is 7.04. The van der Waals surface area contributed by atoms with E-state index in [9.17, 15) is 4.79 Å². The third-order valence-corrected chi connectivity index (χ3v) is 5.37. The minimum Gasteiger partial charge on any atom is -0.369 e. The van der Waals surface area contributed by atoms with E-state index in [1.807, 2.05) is 37.3 Å². The van der Waals surface area contributed by atoms with Gasteiger partial charge in [-0.1, -0.05) is 11.6 Å². The number of rotatable bonds is 4. The molecule has 7 heteroatoms. The predicted octanol–water partition coefficient (Wildman–Crippen LogP) is 3.43. The minimum atomic E-state index is -0.244. The standard InChI is InChI=1S/C21H24ClN5O/c1-13-11-15(3-6-19(13)27-9-7-23-8-10-27)21(28)24-14(2)20-25-17-5-4-16(22)12-18(17)26-20/h3-6,11-12,14,23H,7-10H2,1-2H3,(H,24,28)(H,25,26)/t14-/m0/s1. The number of anilines is 1. The van der Waals surface area contributed by atoms with Crippen LogP contribution in [0.1, 0.15) is 34.7 Å². The second kappa shape index (κ2) is 7.81. The number of amides is 1. The van der Waals surface area contributed by atoms with Crippen molar-refractivity contribution in [1.82, 2.24) is 20.6 Å². The molecular weight excluding hydrogens is 374 g/mol. The molecular formula is C21H24ClN5O. The number of carbonyl (C=O) groups excluding carboxylic acids is 1. The Balaban J connectivity index is 1.48. The van der Waals surface area contributed by atoms with Crippen LogP contribution in [-0.4, -0.2) is 42.1 Å². The zero-order valence-corrected chi connectivity index (χ0v) is 16.8. The molecule has 0 spiro atoms. The highest BCUT2D eigenvalue weighted by Gasteiger charge is 2.17. The summed E-state index contributed by atoms with van der Waals surface area (Å²) in [5.74, 6) is 0.598. The summed E-state index contributed by atoms with van der Waals surface area (Å²) in [6.07, 6.45) is 0. The SMILES string of the molecule is Cc1cc(C(=O)N[C@@H](C)c2nc3ccc(Cl)cc3[nH]2)ccc1N1CCNCC1. The van der Waals surface area contributed by atoms with Gasteiger partial charge in [0, 0.05) is 42.5 Å². The van der Waals surface area contributed by atoms with E-state index < -0.39 is 0 Å². The summed E-state index contributed by atoms with van der Waals surface area (Å²) in [7, 11) is 0. The number of hydrogen-bond donors (Lipinski definition) is 3. The number of aromatic amines is 1. The molecule has 1 aliphatic rings. The second-order valence-corrected chi connectivity index (χ2v) is 7.65. The van der Waals surface area contributed by atoms with Crippen molar-refractivity contribution in [1.29, 1.82) is 0 Å². The van der Waals surface area contributed by atoms with Gasteiger partial charge in [-0.2, -0.15) is 0 Å². The molecule has 0 radical (unpaired) electrons. The van der Waals surface area contributed by atoms with Gasteiger partial charge in [0.2, 0.25) is 0 Å². The first-order valence-electron chi connectivity index (χ1n) is 9.53. The maximum absolute atomic E-state index is 12.7. The second-order valence-electron chi connectivity index (χ2n) is 7.22. The van der Waals surface area contributed by atoms with Crippen LogP contribution in [0.2, 0.25) is 5.02 Å². The zero-order valence-electron chi connectivity index (χ0n) is 16.1. The largest absolute Gasteiger partial charge is 0.369 e. The van der Waals surface area contributed by atoms with Crippen molar-refractivity contribution in [3.8, 4) is 0 Å². The van der Waals surface area contributed by atoms with Crippen LogP contribution < -0.4 is 15.5 Å². The molecule has 146 valence electrons.